The molecule has 110 valence electrons. The van der Waals surface area contributed by atoms with E-state index in [0.29, 0.717) is 13.1 Å². The molecule has 2 amide bonds. The van der Waals surface area contributed by atoms with E-state index in [1.165, 1.54) is 0 Å². The number of hydrogen-bond donors (Lipinski definition) is 1. The van der Waals surface area contributed by atoms with E-state index in [0.717, 1.165) is 19.3 Å². The number of alkyl halides is 3. The maximum atomic E-state index is 11.7. The van der Waals surface area contributed by atoms with Gasteiger partial charge in [0.15, 0.2) is 6.61 Å². The van der Waals surface area contributed by atoms with E-state index in [1.54, 1.807) is 4.90 Å². The van der Waals surface area contributed by atoms with Gasteiger partial charge in [-0.05, 0) is 19.3 Å². The minimum absolute atomic E-state index is 0.0218. The molecule has 1 heterocycles. The number of ether oxygens (including phenoxy) is 1. The fourth-order valence-corrected chi connectivity index (χ4v) is 1.77. The van der Waals surface area contributed by atoms with Crippen molar-refractivity contribution in [3.05, 3.63) is 0 Å². The van der Waals surface area contributed by atoms with E-state index in [-0.39, 0.29) is 18.9 Å². The molecule has 8 heteroatoms. The molecule has 5 nitrogen and oxygen atoms in total. The smallest absolute Gasteiger partial charge is 0.422 e. The van der Waals surface area contributed by atoms with Crippen molar-refractivity contribution in [1.29, 1.82) is 0 Å². The summed E-state index contributed by atoms with van der Waals surface area (Å²) in [6.45, 7) is -0.236. The van der Waals surface area contributed by atoms with E-state index in [1.807, 2.05) is 0 Å². The van der Waals surface area contributed by atoms with Crippen LogP contribution in [-0.2, 0) is 9.53 Å². The van der Waals surface area contributed by atoms with Gasteiger partial charge in [-0.2, -0.15) is 13.2 Å². The van der Waals surface area contributed by atoms with E-state index in [9.17, 15) is 22.8 Å². The number of likely N-dealkylation sites (tertiary alicyclic amines) is 1. The molecule has 0 unspecified atom stereocenters. The van der Waals surface area contributed by atoms with Crippen LogP contribution in [0.4, 0.5) is 18.0 Å². The molecule has 0 aromatic heterocycles. The van der Waals surface area contributed by atoms with Gasteiger partial charge in [0.25, 0.3) is 0 Å². The Kier molecular flexibility index (Phi) is 5.91. The lowest BCUT2D eigenvalue weighted by molar-refractivity contribution is -0.160. The van der Waals surface area contributed by atoms with E-state index < -0.39 is 18.9 Å². The van der Waals surface area contributed by atoms with Crippen molar-refractivity contribution in [1.82, 2.24) is 10.2 Å². The standard InChI is InChI=1S/C11H17F3N2O3/c12-11(13,14)8-19-10(18)15-5-4-9(17)16-6-2-1-3-7-16/h1-8H2,(H,15,18). The number of halogens is 3. The molecule has 0 aromatic rings. The summed E-state index contributed by atoms with van der Waals surface area (Å²) in [5.41, 5.74) is 0. The molecule has 0 spiro atoms. The number of nitrogens with one attached hydrogen (secondary N) is 1. The predicted molar refractivity (Wildman–Crippen MR) is 60.5 cm³/mol. The van der Waals surface area contributed by atoms with Gasteiger partial charge in [0.1, 0.15) is 0 Å². The van der Waals surface area contributed by atoms with Crippen LogP contribution in [0.3, 0.4) is 0 Å². The highest BCUT2D eigenvalue weighted by atomic mass is 19.4. The average Bonchev–Trinajstić information content (AvgIpc) is 2.36. The van der Waals surface area contributed by atoms with Crippen LogP contribution >= 0.6 is 0 Å². The van der Waals surface area contributed by atoms with E-state index in [2.05, 4.69) is 10.1 Å². The minimum atomic E-state index is -4.54. The summed E-state index contributed by atoms with van der Waals surface area (Å²) in [5.74, 6) is -0.101. The third kappa shape index (κ3) is 6.88. The van der Waals surface area contributed by atoms with Gasteiger partial charge in [-0.25, -0.2) is 4.79 Å². The monoisotopic (exact) mass is 282 g/mol. The molecule has 1 saturated heterocycles. The summed E-state index contributed by atoms with van der Waals surface area (Å²) in [7, 11) is 0. The number of carbonyl (C=O) groups is 2. The maximum Gasteiger partial charge on any atom is 0.422 e. The highest BCUT2D eigenvalue weighted by Crippen LogP contribution is 2.14. The fraction of sp³-hybridized carbons (Fsp3) is 0.818. The van der Waals surface area contributed by atoms with E-state index in [4.69, 9.17) is 0 Å². The van der Waals surface area contributed by atoms with E-state index >= 15 is 0 Å². The Balaban J connectivity index is 2.12. The Morgan fingerprint density at radius 2 is 1.79 bits per heavy atom. The molecule has 0 radical (unpaired) electrons. The minimum Gasteiger partial charge on any atom is -0.440 e. The van der Waals surface area contributed by atoms with Crippen molar-refractivity contribution < 1.29 is 27.5 Å². The van der Waals surface area contributed by atoms with Crippen molar-refractivity contribution in [2.24, 2.45) is 0 Å². The second kappa shape index (κ2) is 7.20. The van der Waals surface area contributed by atoms with Gasteiger partial charge in [0, 0.05) is 26.1 Å². The molecule has 0 saturated carbocycles. The molecular weight excluding hydrogens is 265 g/mol. The summed E-state index contributed by atoms with van der Waals surface area (Å²) < 4.78 is 39.2. The number of rotatable bonds is 4. The first-order valence-electron chi connectivity index (χ1n) is 6.13. The number of alkyl carbamates (subject to hydrolysis) is 1. The van der Waals surface area contributed by atoms with Crippen molar-refractivity contribution in [3.63, 3.8) is 0 Å². The lowest BCUT2D eigenvalue weighted by Crippen LogP contribution is -2.38. The van der Waals surface area contributed by atoms with Crippen molar-refractivity contribution in [2.75, 3.05) is 26.2 Å². The molecule has 0 atom stereocenters. The second-order valence-corrected chi connectivity index (χ2v) is 4.31. The molecule has 19 heavy (non-hydrogen) atoms. The van der Waals surface area contributed by atoms with Gasteiger partial charge in [-0.15, -0.1) is 0 Å². The van der Waals surface area contributed by atoms with Gasteiger partial charge in [-0.3, -0.25) is 4.79 Å². The van der Waals surface area contributed by atoms with Gasteiger partial charge < -0.3 is 15.0 Å². The lowest BCUT2D eigenvalue weighted by atomic mass is 10.1. The number of hydrogen-bond acceptors (Lipinski definition) is 3. The van der Waals surface area contributed by atoms with Crippen LogP contribution in [0.5, 0.6) is 0 Å². The van der Waals surface area contributed by atoms with Gasteiger partial charge in [0.2, 0.25) is 5.91 Å². The van der Waals surface area contributed by atoms with Crippen LogP contribution in [0.1, 0.15) is 25.7 Å². The van der Waals surface area contributed by atoms with Gasteiger partial charge in [-0.1, -0.05) is 0 Å². The molecule has 1 N–H and O–H groups in total. The number of nitrogens with zero attached hydrogens (tertiary/aromatic N) is 1. The molecule has 0 bridgehead atoms. The summed E-state index contributed by atoms with van der Waals surface area (Å²) in [5, 5.41) is 2.12. The van der Waals surface area contributed by atoms with Crippen LogP contribution in [0.15, 0.2) is 0 Å². The summed E-state index contributed by atoms with van der Waals surface area (Å²) in [6.07, 6.45) is -2.60. The van der Waals surface area contributed by atoms with Crippen LogP contribution in [0, 0.1) is 0 Å². The predicted octanol–water partition coefficient (Wildman–Crippen LogP) is 1.68. The first-order valence-corrected chi connectivity index (χ1v) is 6.13. The third-order valence-electron chi connectivity index (χ3n) is 2.68. The summed E-state index contributed by atoms with van der Waals surface area (Å²) in [4.78, 5) is 24.2. The SMILES string of the molecule is O=C(NCCC(=O)N1CCCCC1)OCC(F)(F)F. The topological polar surface area (TPSA) is 58.6 Å². The Bertz CT molecular complexity index is 315. The molecule has 0 aromatic carbocycles. The van der Waals surface area contributed by atoms with Crippen molar-refractivity contribution in [3.8, 4) is 0 Å². The van der Waals surface area contributed by atoms with Gasteiger partial charge in [0.05, 0.1) is 0 Å². The Labute approximate surface area is 109 Å². The highest BCUT2D eigenvalue weighted by Gasteiger charge is 2.29. The maximum absolute atomic E-state index is 11.7. The quantitative estimate of drug-likeness (QED) is 0.853. The largest absolute Gasteiger partial charge is 0.440 e. The van der Waals surface area contributed by atoms with Crippen LogP contribution in [0.25, 0.3) is 0 Å². The Morgan fingerprint density at radius 1 is 1.16 bits per heavy atom. The first kappa shape index (κ1) is 15.6. The zero-order chi connectivity index (χ0) is 14.3. The highest BCUT2D eigenvalue weighted by molar-refractivity contribution is 5.77. The Morgan fingerprint density at radius 3 is 2.37 bits per heavy atom. The molecular formula is C11H17F3N2O3. The molecule has 1 rings (SSSR count). The second-order valence-electron chi connectivity index (χ2n) is 4.31. The zero-order valence-corrected chi connectivity index (χ0v) is 10.5. The molecule has 1 aliphatic rings. The number of carbonyl (C=O) groups excluding carboxylic acids is 2. The number of piperidine rings is 1. The van der Waals surface area contributed by atoms with Crippen molar-refractivity contribution >= 4 is 12.0 Å². The molecule has 1 aliphatic heterocycles. The fourth-order valence-electron chi connectivity index (χ4n) is 1.77. The number of amides is 2. The van der Waals surface area contributed by atoms with Crippen molar-refractivity contribution in [2.45, 2.75) is 31.9 Å². The molecule has 1 fully saturated rings. The normalized spacial score (nSPS) is 16.1. The summed E-state index contributed by atoms with van der Waals surface area (Å²) >= 11 is 0. The average molecular weight is 282 g/mol. The third-order valence-corrected chi connectivity index (χ3v) is 2.68. The van der Waals surface area contributed by atoms with Crippen LogP contribution in [0.2, 0.25) is 0 Å². The first-order chi connectivity index (χ1) is 8.88. The Hall–Kier alpha value is -1.47. The van der Waals surface area contributed by atoms with Gasteiger partial charge >= 0.3 is 12.3 Å². The van der Waals surface area contributed by atoms with Crippen LogP contribution < -0.4 is 5.32 Å². The zero-order valence-electron chi connectivity index (χ0n) is 10.5. The lowest BCUT2D eigenvalue weighted by Gasteiger charge is -2.26. The molecule has 0 aliphatic carbocycles. The van der Waals surface area contributed by atoms with Crippen LogP contribution in [-0.4, -0.2) is 49.3 Å². The summed E-state index contributed by atoms with van der Waals surface area (Å²) in [6, 6.07) is 0.